The molecule has 0 aliphatic heterocycles. The molecule has 18 heavy (non-hydrogen) atoms. The second kappa shape index (κ2) is 6.30. The van der Waals surface area contributed by atoms with Gasteiger partial charge in [-0.2, -0.15) is 0 Å². The van der Waals surface area contributed by atoms with Gasteiger partial charge < -0.3 is 10.4 Å². The van der Waals surface area contributed by atoms with Gasteiger partial charge in [-0.15, -0.1) is 0 Å². The van der Waals surface area contributed by atoms with Crippen molar-refractivity contribution in [1.29, 1.82) is 0 Å². The third-order valence-electron chi connectivity index (χ3n) is 2.86. The molecule has 0 spiro atoms. The molecule has 0 bridgehead atoms. The molecule has 1 rings (SSSR count). The lowest BCUT2D eigenvalue weighted by atomic mass is 10.0. The Morgan fingerprint density at radius 2 is 2.22 bits per heavy atom. The Morgan fingerprint density at radius 3 is 2.67 bits per heavy atom. The van der Waals surface area contributed by atoms with E-state index in [1.807, 2.05) is 13.8 Å². The van der Waals surface area contributed by atoms with E-state index < -0.39 is 4.92 Å². The number of nitrogens with one attached hydrogen (secondary N) is 1. The summed E-state index contributed by atoms with van der Waals surface area (Å²) in [6.45, 7) is 5.88. The molecule has 0 radical (unpaired) electrons. The fraction of sp³-hybridized carbons (Fsp3) is 0.583. The van der Waals surface area contributed by atoms with Crippen LogP contribution >= 0.6 is 0 Å². The Kier molecular flexibility index (Phi) is 5.03. The molecule has 0 aliphatic rings. The Hall–Kier alpha value is -1.69. The third-order valence-corrected chi connectivity index (χ3v) is 2.86. The van der Waals surface area contributed by atoms with Gasteiger partial charge in [0.25, 0.3) is 5.69 Å². The van der Waals surface area contributed by atoms with E-state index in [2.05, 4.69) is 10.3 Å². The molecule has 1 aromatic rings. The number of aliphatic hydroxyl groups excluding tert-OH is 1. The van der Waals surface area contributed by atoms with Crippen molar-refractivity contribution in [1.82, 2.24) is 4.98 Å². The number of aliphatic hydroxyl groups is 1. The highest BCUT2D eigenvalue weighted by atomic mass is 16.6. The van der Waals surface area contributed by atoms with Crippen molar-refractivity contribution in [2.75, 3.05) is 11.9 Å². The van der Waals surface area contributed by atoms with Crippen LogP contribution in [0, 0.1) is 23.0 Å². The summed E-state index contributed by atoms with van der Waals surface area (Å²) >= 11 is 0. The maximum absolute atomic E-state index is 10.7. The summed E-state index contributed by atoms with van der Waals surface area (Å²) in [5, 5.41) is 22.9. The van der Waals surface area contributed by atoms with Crippen molar-refractivity contribution in [3.8, 4) is 0 Å². The van der Waals surface area contributed by atoms with Crippen molar-refractivity contribution in [3.05, 3.63) is 27.9 Å². The van der Waals surface area contributed by atoms with Crippen molar-refractivity contribution in [2.24, 2.45) is 5.92 Å². The highest BCUT2D eigenvalue weighted by Crippen LogP contribution is 2.20. The molecule has 0 saturated carbocycles. The number of nitro groups is 1. The van der Waals surface area contributed by atoms with E-state index in [9.17, 15) is 10.1 Å². The van der Waals surface area contributed by atoms with Gasteiger partial charge in [-0.1, -0.05) is 13.8 Å². The first kappa shape index (κ1) is 14.4. The van der Waals surface area contributed by atoms with E-state index in [1.54, 1.807) is 13.0 Å². The molecule has 1 heterocycles. The third kappa shape index (κ3) is 3.66. The van der Waals surface area contributed by atoms with Crippen LogP contribution in [0.2, 0.25) is 0 Å². The summed E-state index contributed by atoms with van der Waals surface area (Å²) in [4.78, 5) is 14.3. The van der Waals surface area contributed by atoms with E-state index in [0.29, 0.717) is 23.7 Å². The molecule has 0 saturated heterocycles. The van der Waals surface area contributed by atoms with E-state index in [1.165, 1.54) is 6.20 Å². The molecular formula is C12H19N3O3. The van der Waals surface area contributed by atoms with E-state index in [4.69, 9.17) is 5.11 Å². The minimum Gasteiger partial charge on any atom is -0.396 e. The van der Waals surface area contributed by atoms with Crippen molar-refractivity contribution in [3.63, 3.8) is 0 Å². The summed E-state index contributed by atoms with van der Waals surface area (Å²) in [6, 6.07) is 1.76. The molecule has 0 fully saturated rings. The van der Waals surface area contributed by atoms with Crippen LogP contribution in [-0.2, 0) is 0 Å². The molecule has 0 amide bonds. The van der Waals surface area contributed by atoms with E-state index in [-0.39, 0.29) is 18.3 Å². The number of pyridine rings is 1. The van der Waals surface area contributed by atoms with Crippen molar-refractivity contribution in [2.45, 2.75) is 33.2 Å². The lowest BCUT2D eigenvalue weighted by Gasteiger charge is -2.22. The first-order valence-corrected chi connectivity index (χ1v) is 5.94. The standard InChI is InChI=1S/C12H19N3O3/c1-8(2)10(4-5-16)14-12-6-9(3)11(7-13-12)15(17)18/h6-8,10,16H,4-5H2,1-3H3,(H,13,14). The minimum atomic E-state index is -0.445. The van der Waals surface area contributed by atoms with Crippen LogP contribution < -0.4 is 5.32 Å². The quantitative estimate of drug-likeness (QED) is 0.598. The smallest absolute Gasteiger partial charge is 0.290 e. The maximum Gasteiger partial charge on any atom is 0.290 e. The number of hydrogen-bond acceptors (Lipinski definition) is 5. The van der Waals surface area contributed by atoms with Crippen LogP contribution in [0.15, 0.2) is 12.3 Å². The second-order valence-corrected chi connectivity index (χ2v) is 4.62. The number of aryl methyl sites for hydroxylation is 1. The highest BCUT2D eigenvalue weighted by Gasteiger charge is 2.16. The normalized spacial score (nSPS) is 12.5. The zero-order valence-corrected chi connectivity index (χ0v) is 10.9. The minimum absolute atomic E-state index is 0.0174. The molecular weight excluding hydrogens is 234 g/mol. The molecule has 1 atom stereocenters. The summed E-state index contributed by atoms with van der Waals surface area (Å²) in [6.07, 6.45) is 1.88. The van der Waals surface area contributed by atoms with Crippen molar-refractivity contribution < 1.29 is 10.0 Å². The van der Waals surface area contributed by atoms with Gasteiger partial charge in [0.05, 0.1) is 4.92 Å². The molecule has 0 aromatic carbocycles. The lowest BCUT2D eigenvalue weighted by Crippen LogP contribution is -2.27. The van der Waals surface area contributed by atoms with Gasteiger partial charge in [-0.3, -0.25) is 10.1 Å². The van der Waals surface area contributed by atoms with E-state index in [0.717, 1.165) is 0 Å². The van der Waals surface area contributed by atoms with Gasteiger partial charge in [0.2, 0.25) is 0 Å². The van der Waals surface area contributed by atoms with Gasteiger partial charge in [0.1, 0.15) is 12.0 Å². The summed E-state index contributed by atoms with van der Waals surface area (Å²) in [5.41, 5.74) is 0.591. The van der Waals surface area contributed by atoms with Gasteiger partial charge in [-0.05, 0) is 25.3 Å². The van der Waals surface area contributed by atoms with Crippen LogP contribution in [-0.4, -0.2) is 27.7 Å². The van der Waals surface area contributed by atoms with Gasteiger partial charge in [0.15, 0.2) is 0 Å². The van der Waals surface area contributed by atoms with Gasteiger partial charge >= 0.3 is 0 Å². The van der Waals surface area contributed by atoms with Crippen LogP contribution in [0.25, 0.3) is 0 Å². The number of hydrogen-bond donors (Lipinski definition) is 2. The first-order chi connectivity index (χ1) is 8.45. The molecule has 6 heteroatoms. The second-order valence-electron chi connectivity index (χ2n) is 4.62. The zero-order valence-electron chi connectivity index (χ0n) is 10.9. The highest BCUT2D eigenvalue weighted by molar-refractivity contribution is 5.47. The molecule has 1 unspecified atom stereocenters. The largest absolute Gasteiger partial charge is 0.396 e. The first-order valence-electron chi connectivity index (χ1n) is 5.94. The Balaban J connectivity index is 2.84. The summed E-state index contributed by atoms with van der Waals surface area (Å²) in [5.74, 6) is 0.944. The van der Waals surface area contributed by atoms with Crippen LogP contribution in [0.4, 0.5) is 11.5 Å². The van der Waals surface area contributed by atoms with Crippen LogP contribution in [0.1, 0.15) is 25.8 Å². The Labute approximate surface area is 106 Å². The Bertz CT molecular complexity index is 421. The molecule has 6 nitrogen and oxygen atoms in total. The molecule has 2 N–H and O–H groups in total. The molecule has 100 valence electrons. The SMILES string of the molecule is Cc1cc(NC(CCO)C(C)C)ncc1[N+](=O)[O-]. The monoisotopic (exact) mass is 253 g/mol. The maximum atomic E-state index is 10.7. The number of rotatable bonds is 6. The number of aromatic nitrogens is 1. The van der Waals surface area contributed by atoms with Crippen molar-refractivity contribution >= 4 is 11.5 Å². The fourth-order valence-corrected chi connectivity index (χ4v) is 1.72. The lowest BCUT2D eigenvalue weighted by molar-refractivity contribution is -0.385. The average Bonchev–Trinajstić information content (AvgIpc) is 2.27. The topological polar surface area (TPSA) is 88.3 Å². The Morgan fingerprint density at radius 1 is 1.56 bits per heavy atom. The number of nitrogens with zero attached hydrogens (tertiary/aromatic N) is 2. The number of anilines is 1. The molecule has 0 aliphatic carbocycles. The predicted molar refractivity (Wildman–Crippen MR) is 69.6 cm³/mol. The van der Waals surface area contributed by atoms with Gasteiger partial charge in [0, 0.05) is 18.2 Å². The average molecular weight is 253 g/mol. The van der Waals surface area contributed by atoms with Gasteiger partial charge in [-0.25, -0.2) is 4.98 Å². The zero-order chi connectivity index (χ0) is 13.7. The molecule has 1 aromatic heterocycles. The fourth-order valence-electron chi connectivity index (χ4n) is 1.72. The predicted octanol–water partition coefficient (Wildman–Crippen LogP) is 2.12. The van der Waals surface area contributed by atoms with Crippen LogP contribution in [0.3, 0.4) is 0 Å². The summed E-state index contributed by atoms with van der Waals surface area (Å²) < 4.78 is 0. The van der Waals surface area contributed by atoms with E-state index >= 15 is 0 Å². The van der Waals surface area contributed by atoms with Crippen LogP contribution in [0.5, 0.6) is 0 Å². The summed E-state index contributed by atoms with van der Waals surface area (Å²) in [7, 11) is 0.